The van der Waals surface area contributed by atoms with Crippen molar-refractivity contribution in [2.24, 2.45) is 5.92 Å². The van der Waals surface area contributed by atoms with Gasteiger partial charge < -0.3 is 18.7 Å². The predicted octanol–water partition coefficient (Wildman–Crippen LogP) is 3.22. The third-order valence-electron chi connectivity index (χ3n) is 5.31. The topological polar surface area (TPSA) is 69.9 Å². The van der Waals surface area contributed by atoms with Crippen LogP contribution in [0, 0.1) is 5.92 Å². The molecule has 7 nitrogen and oxygen atoms in total. The molecular formula is C20H27N3O4. The number of piperidine rings is 1. The summed E-state index contributed by atoms with van der Waals surface area (Å²) in [5.74, 6) is 3.71. The van der Waals surface area contributed by atoms with E-state index in [1.807, 2.05) is 24.3 Å². The average Bonchev–Trinajstić information content (AvgIpc) is 3.40. The van der Waals surface area contributed by atoms with E-state index in [4.69, 9.17) is 18.7 Å². The molecular weight excluding hydrogens is 346 g/mol. The standard InChI is InChI=1S/C20H27N3O4/c1-24-16-4-6-17(7-5-16)26-14-15-8-10-23(11-9-15)13-19-21-20(27-22-19)18-3-2-12-25-18/h4-7,15,18H,2-3,8-14H2,1H3/t18-/m0/s1. The van der Waals surface area contributed by atoms with E-state index >= 15 is 0 Å². The molecule has 0 saturated carbocycles. The molecule has 7 heteroatoms. The van der Waals surface area contributed by atoms with E-state index in [2.05, 4.69) is 15.0 Å². The molecule has 0 amide bonds. The number of hydrogen-bond acceptors (Lipinski definition) is 7. The van der Waals surface area contributed by atoms with Gasteiger partial charge in [-0.1, -0.05) is 5.16 Å². The Morgan fingerprint density at radius 3 is 2.59 bits per heavy atom. The van der Waals surface area contributed by atoms with Gasteiger partial charge in [0.25, 0.3) is 5.89 Å². The Morgan fingerprint density at radius 1 is 1.11 bits per heavy atom. The summed E-state index contributed by atoms with van der Waals surface area (Å²) in [4.78, 5) is 6.90. The van der Waals surface area contributed by atoms with Crippen molar-refractivity contribution in [3.05, 3.63) is 36.0 Å². The van der Waals surface area contributed by atoms with Crippen LogP contribution in [0.25, 0.3) is 0 Å². The van der Waals surface area contributed by atoms with Crippen LogP contribution in [0.15, 0.2) is 28.8 Å². The van der Waals surface area contributed by atoms with Crippen molar-refractivity contribution < 1.29 is 18.7 Å². The van der Waals surface area contributed by atoms with Crippen molar-refractivity contribution >= 4 is 0 Å². The Balaban J connectivity index is 1.19. The van der Waals surface area contributed by atoms with Crippen LogP contribution in [-0.2, 0) is 11.3 Å². The number of nitrogens with zero attached hydrogens (tertiary/aromatic N) is 3. The van der Waals surface area contributed by atoms with Crippen molar-refractivity contribution in [1.29, 1.82) is 0 Å². The summed E-state index contributed by atoms with van der Waals surface area (Å²) in [5, 5.41) is 4.12. The first kappa shape index (κ1) is 18.3. The first-order valence-electron chi connectivity index (χ1n) is 9.73. The van der Waals surface area contributed by atoms with E-state index in [0.717, 1.165) is 75.9 Å². The van der Waals surface area contributed by atoms with Crippen LogP contribution in [0.5, 0.6) is 11.5 Å². The van der Waals surface area contributed by atoms with Crippen LogP contribution < -0.4 is 9.47 Å². The van der Waals surface area contributed by atoms with Gasteiger partial charge in [0.05, 0.1) is 20.3 Å². The van der Waals surface area contributed by atoms with Crippen molar-refractivity contribution in [1.82, 2.24) is 15.0 Å². The van der Waals surface area contributed by atoms with Gasteiger partial charge in [0, 0.05) is 6.61 Å². The Hall–Kier alpha value is -2.12. The molecule has 2 aromatic rings. The van der Waals surface area contributed by atoms with E-state index in [9.17, 15) is 0 Å². The molecule has 1 atom stereocenters. The van der Waals surface area contributed by atoms with Crippen LogP contribution in [0.3, 0.4) is 0 Å². The zero-order chi connectivity index (χ0) is 18.5. The molecule has 2 aliphatic rings. The van der Waals surface area contributed by atoms with Gasteiger partial charge in [-0.05, 0) is 69.0 Å². The van der Waals surface area contributed by atoms with Gasteiger partial charge in [0.1, 0.15) is 17.6 Å². The zero-order valence-corrected chi connectivity index (χ0v) is 15.8. The highest BCUT2D eigenvalue weighted by Crippen LogP contribution is 2.27. The van der Waals surface area contributed by atoms with Crippen LogP contribution in [-0.4, -0.2) is 48.5 Å². The molecule has 3 heterocycles. The van der Waals surface area contributed by atoms with Gasteiger partial charge in [-0.15, -0.1) is 0 Å². The second-order valence-electron chi connectivity index (χ2n) is 7.26. The molecule has 1 aromatic carbocycles. The smallest absolute Gasteiger partial charge is 0.255 e. The number of rotatable bonds is 7. The maximum Gasteiger partial charge on any atom is 0.255 e. The van der Waals surface area contributed by atoms with Gasteiger partial charge in [-0.25, -0.2) is 0 Å². The lowest BCUT2D eigenvalue weighted by Crippen LogP contribution is -2.35. The van der Waals surface area contributed by atoms with Crippen molar-refractivity contribution in [3.63, 3.8) is 0 Å². The minimum absolute atomic E-state index is 0.00732. The van der Waals surface area contributed by atoms with Crippen molar-refractivity contribution in [3.8, 4) is 11.5 Å². The molecule has 0 N–H and O–H groups in total. The monoisotopic (exact) mass is 373 g/mol. The SMILES string of the molecule is COc1ccc(OCC2CCN(Cc3noc([C@@H]4CCCO4)n3)CC2)cc1. The number of ether oxygens (including phenoxy) is 3. The molecule has 2 aliphatic heterocycles. The Kier molecular flexibility index (Phi) is 5.89. The maximum absolute atomic E-state index is 5.93. The molecule has 0 spiro atoms. The summed E-state index contributed by atoms with van der Waals surface area (Å²) in [5.41, 5.74) is 0. The summed E-state index contributed by atoms with van der Waals surface area (Å²) in [6.07, 6.45) is 4.27. The van der Waals surface area contributed by atoms with E-state index in [0.29, 0.717) is 11.8 Å². The van der Waals surface area contributed by atoms with Gasteiger partial charge in [0.15, 0.2) is 5.82 Å². The molecule has 4 rings (SSSR count). The third-order valence-corrected chi connectivity index (χ3v) is 5.31. The first-order chi connectivity index (χ1) is 13.3. The van der Waals surface area contributed by atoms with Gasteiger partial charge >= 0.3 is 0 Å². The first-order valence-corrected chi connectivity index (χ1v) is 9.73. The lowest BCUT2D eigenvalue weighted by Gasteiger charge is -2.30. The summed E-state index contributed by atoms with van der Waals surface area (Å²) < 4.78 is 22.1. The number of aromatic nitrogens is 2. The Bertz CT molecular complexity index is 704. The Morgan fingerprint density at radius 2 is 1.89 bits per heavy atom. The lowest BCUT2D eigenvalue weighted by molar-refractivity contribution is 0.0835. The highest BCUT2D eigenvalue weighted by atomic mass is 16.5. The largest absolute Gasteiger partial charge is 0.497 e. The van der Waals surface area contributed by atoms with E-state index in [1.54, 1.807) is 7.11 Å². The predicted molar refractivity (Wildman–Crippen MR) is 98.7 cm³/mol. The van der Waals surface area contributed by atoms with Gasteiger partial charge in [-0.2, -0.15) is 4.98 Å². The average molecular weight is 373 g/mol. The van der Waals surface area contributed by atoms with Crippen LogP contribution in [0.4, 0.5) is 0 Å². The summed E-state index contributed by atoms with van der Waals surface area (Å²) in [7, 11) is 1.67. The summed E-state index contributed by atoms with van der Waals surface area (Å²) in [6.45, 7) is 4.34. The third kappa shape index (κ3) is 4.78. The fourth-order valence-corrected chi connectivity index (χ4v) is 3.63. The minimum atomic E-state index is -0.00732. The van der Waals surface area contributed by atoms with Gasteiger partial charge in [-0.3, -0.25) is 4.90 Å². The fourth-order valence-electron chi connectivity index (χ4n) is 3.63. The maximum atomic E-state index is 5.93. The van der Waals surface area contributed by atoms with Crippen LogP contribution >= 0.6 is 0 Å². The second kappa shape index (κ2) is 8.71. The molecule has 0 bridgehead atoms. The quantitative estimate of drug-likeness (QED) is 0.738. The fraction of sp³-hybridized carbons (Fsp3) is 0.600. The van der Waals surface area contributed by atoms with Crippen LogP contribution in [0.2, 0.25) is 0 Å². The summed E-state index contributed by atoms with van der Waals surface area (Å²) in [6, 6.07) is 7.76. The molecule has 0 radical (unpaired) electrons. The second-order valence-corrected chi connectivity index (χ2v) is 7.26. The lowest BCUT2D eigenvalue weighted by atomic mass is 9.98. The minimum Gasteiger partial charge on any atom is -0.497 e. The summed E-state index contributed by atoms with van der Waals surface area (Å²) >= 11 is 0. The molecule has 1 aromatic heterocycles. The number of benzene rings is 1. The number of hydrogen-bond donors (Lipinski definition) is 0. The van der Waals surface area contributed by atoms with Crippen molar-refractivity contribution in [2.45, 2.75) is 38.3 Å². The molecule has 0 aliphatic carbocycles. The highest BCUT2D eigenvalue weighted by Gasteiger charge is 2.25. The molecule has 146 valence electrons. The molecule has 0 unspecified atom stereocenters. The van der Waals surface area contributed by atoms with E-state index in [1.165, 1.54) is 0 Å². The Labute approximate surface area is 159 Å². The van der Waals surface area contributed by atoms with E-state index < -0.39 is 0 Å². The molecule has 2 fully saturated rings. The van der Waals surface area contributed by atoms with Gasteiger partial charge in [0.2, 0.25) is 0 Å². The normalized spacial score (nSPS) is 21.4. The number of methoxy groups -OCH3 is 1. The zero-order valence-electron chi connectivity index (χ0n) is 15.8. The molecule has 2 saturated heterocycles. The van der Waals surface area contributed by atoms with Crippen molar-refractivity contribution in [2.75, 3.05) is 33.4 Å². The number of likely N-dealkylation sites (tertiary alicyclic amines) is 1. The molecule has 27 heavy (non-hydrogen) atoms. The van der Waals surface area contributed by atoms with E-state index in [-0.39, 0.29) is 6.10 Å². The van der Waals surface area contributed by atoms with Crippen LogP contribution in [0.1, 0.15) is 43.5 Å². The highest BCUT2D eigenvalue weighted by molar-refractivity contribution is 5.31.